The number of rotatable bonds is 5. The molecule has 0 bridgehead atoms. The molecule has 256 valence electrons. The van der Waals surface area contributed by atoms with Crippen molar-refractivity contribution in [1.82, 2.24) is 15.0 Å². The molecule has 0 radical (unpaired) electrons. The zero-order chi connectivity index (χ0) is 36.3. The van der Waals surface area contributed by atoms with Gasteiger partial charge >= 0.3 is 0 Å². The van der Waals surface area contributed by atoms with Crippen LogP contribution in [0.4, 0.5) is 0 Å². The summed E-state index contributed by atoms with van der Waals surface area (Å²) in [5, 5.41) is 9.10. The molecule has 55 heavy (non-hydrogen) atoms. The van der Waals surface area contributed by atoms with Crippen LogP contribution in [0.1, 0.15) is 0 Å². The number of nitrogens with zero attached hydrogens (tertiary/aromatic N) is 3. The third kappa shape index (κ3) is 5.34. The largest absolute Gasteiger partial charge is 0.456 e. The molecule has 0 atom stereocenters. The van der Waals surface area contributed by atoms with Crippen molar-refractivity contribution in [3.63, 3.8) is 0 Å². The van der Waals surface area contributed by atoms with Crippen LogP contribution in [0.25, 0.3) is 111 Å². The van der Waals surface area contributed by atoms with E-state index in [0.29, 0.717) is 17.5 Å². The van der Waals surface area contributed by atoms with E-state index in [2.05, 4.69) is 176 Å². The van der Waals surface area contributed by atoms with Gasteiger partial charge in [0.15, 0.2) is 17.5 Å². The monoisotopic (exact) mass is 701 g/mol. The normalized spacial score (nSPS) is 11.6. The van der Waals surface area contributed by atoms with E-state index in [4.69, 9.17) is 19.4 Å². The summed E-state index contributed by atoms with van der Waals surface area (Å²) in [4.78, 5) is 15.7. The molecule has 0 spiro atoms. The van der Waals surface area contributed by atoms with E-state index in [1.807, 2.05) is 12.1 Å². The Labute approximate surface area is 317 Å². The lowest BCUT2D eigenvalue weighted by Crippen LogP contribution is -2.01. The molecule has 11 aromatic rings. The summed E-state index contributed by atoms with van der Waals surface area (Å²) in [6.07, 6.45) is 0. The molecule has 0 aliphatic heterocycles. The van der Waals surface area contributed by atoms with Crippen LogP contribution in [-0.4, -0.2) is 15.0 Å². The lowest BCUT2D eigenvalue weighted by atomic mass is 9.96. The molecule has 4 heteroatoms. The van der Waals surface area contributed by atoms with Crippen molar-refractivity contribution in [1.29, 1.82) is 0 Å². The van der Waals surface area contributed by atoms with Crippen LogP contribution < -0.4 is 0 Å². The average Bonchev–Trinajstić information content (AvgIpc) is 3.64. The van der Waals surface area contributed by atoms with Gasteiger partial charge in [-0.1, -0.05) is 152 Å². The minimum absolute atomic E-state index is 0.614. The molecule has 4 nitrogen and oxygen atoms in total. The second kappa shape index (κ2) is 12.6. The van der Waals surface area contributed by atoms with Crippen LogP contribution in [0.15, 0.2) is 192 Å². The predicted molar refractivity (Wildman–Crippen MR) is 227 cm³/mol. The summed E-state index contributed by atoms with van der Waals surface area (Å²) in [6, 6.07) is 65.8. The maximum atomic E-state index is 6.41. The van der Waals surface area contributed by atoms with Gasteiger partial charge in [-0.05, 0) is 91.0 Å². The number of aromatic nitrogens is 3. The van der Waals surface area contributed by atoms with E-state index >= 15 is 0 Å². The van der Waals surface area contributed by atoms with Crippen LogP contribution in [0.2, 0.25) is 0 Å². The highest BCUT2D eigenvalue weighted by Crippen LogP contribution is 2.40. The Kier molecular flexibility index (Phi) is 7.14. The molecule has 11 rings (SSSR count). The summed E-state index contributed by atoms with van der Waals surface area (Å²) < 4.78 is 6.41. The molecule has 0 N–H and O–H groups in total. The number of fused-ring (bicyclic) bond motifs is 7. The fourth-order valence-electron chi connectivity index (χ4n) is 8.03. The predicted octanol–water partition coefficient (Wildman–Crippen LogP) is 13.6. The van der Waals surface area contributed by atoms with Crippen molar-refractivity contribution in [2.24, 2.45) is 0 Å². The highest BCUT2D eigenvalue weighted by atomic mass is 16.3. The molecule has 9 aromatic carbocycles. The molecule has 0 aliphatic rings. The Morgan fingerprint density at radius 1 is 0.291 bits per heavy atom. The molecule has 0 saturated carbocycles. The highest BCUT2D eigenvalue weighted by Gasteiger charge is 2.18. The van der Waals surface area contributed by atoms with Gasteiger partial charge in [0.25, 0.3) is 0 Å². The fourth-order valence-corrected chi connectivity index (χ4v) is 8.03. The summed E-state index contributed by atoms with van der Waals surface area (Å²) in [5.74, 6) is 1.88. The molecule has 2 heterocycles. The molecule has 0 fully saturated rings. The molecular weight excluding hydrogens is 671 g/mol. The third-order valence-corrected chi connectivity index (χ3v) is 10.7. The maximum Gasteiger partial charge on any atom is 0.164 e. The Morgan fingerprint density at radius 3 is 1.78 bits per heavy atom. The van der Waals surface area contributed by atoms with Gasteiger partial charge in [-0.3, -0.25) is 0 Å². The van der Waals surface area contributed by atoms with Crippen LogP contribution in [0.3, 0.4) is 0 Å². The number of furan rings is 1. The lowest BCUT2D eigenvalue weighted by Gasteiger charge is -2.13. The van der Waals surface area contributed by atoms with Gasteiger partial charge < -0.3 is 4.42 Å². The second-order valence-corrected chi connectivity index (χ2v) is 14.0. The van der Waals surface area contributed by atoms with Crippen molar-refractivity contribution < 1.29 is 4.42 Å². The average molecular weight is 702 g/mol. The number of hydrogen-bond acceptors (Lipinski definition) is 4. The Bertz CT molecular complexity index is 3270. The first-order chi connectivity index (χ1) is 27.2. The molecule has 2 aromatic heterocycles. The van der Waals surface area contributed by atoms with E-state index in [1.54, 1.807) is 0 Å². The molecule has 0 unspecified atom stereocenters. The Morgan fingerprint density at radius 2 is 0.927 bits per heavy atom. The fraction of sp³-hybridized carbons (Fsp3) is 0. The lowest BCUT2D eigenvalue weighted by molar-refractivity contribution is 0.669. The van der Waals surface area contributed by atoms with Gasteiger partial charge in [0.2, 0.25) is 0 Å². The summed E-state index contributed by atoms with van der Waals surface area (Å²) in [5.41, 5.74) is 9.01. The van der Waals surface area contributed by atoms with E-state index in [9.17, 15) is 0 Å². The van der Waals surface area contributed by atoms with Gasteiger partial charge in [-0.15, -0.1) is 0 Å². The van der Waals surface area contributed by atoms with Gasteiger partial charge in [0, 0.05) is 27.5 Å². The van der Waals surface area contributed by atoms with Gasteiger partial charge in [0.05, 0.1) is 0 Å². The summed E-state index contributed by atoms with van der Waals surface area (Å²) in [6.45, 7) is 0. The van der Waals surface area contributed by atoms with E-state index in [1.165, 1.54) is 21.7 Å². The summed E-state index contributed by atoms with van der Waals surface area (Å²) in [7, 11) is 0. The van der Waals surface area contributed by atoms with Crippen LogP contribution in [0.5, 0.6) is 0 Å². The third-order valence-electron chi connectivity index (χ3n) is 10.7. The summed E-state index contributed by atoms with van der Waals surface area (Å²) >= 11 is 0. The first-order valence-electron chi connectivity index (χ1n) is 18.5. The van der Waals surface area contributed by atoms with Gasteiger partial charge in [-0.2, -0.15) is 0 Å². The SMILES string of the molecule is c1ccc(-c2ccc3oc4cccc(-c5cccc(-c6nc(-c7ccc8ccccc8c7)nc(-c7cc8ccccc8c8ccccc78)n6)c5)c4c3c2)cc1. The molecule has 0 saturated heterocycles. The van der Waals surface area contributed by atoms with Crippen LogP contribution >= 0.6 is 0 Å². The minimum atomic E-state index is 0.614. The topological polar surface area (TPSA) is 51.8 Å². The molecule has 0 amide bonds. The van der Waals surface area contributed by atoms with E-state index < -0.39 is 0 Å². The van der Waals surface area contributed by atoms with Crippen molar-refractivity contribution in [2.45, 2.75) is 0 Å². The van der Waals surface area contributed by atoms with Crippen LogP contribution in [0, 0.1) is 0 Å². The van der Waals surface area contributed by atoms with Crippen LogP contribution in [-0.2, 0) is 0 Å². The molecular formula is C51H31N3O. The van der Waals surface area contributed by atoms with Gasteiger partial charge in [0.1, 0.15) is 11.2 Å². The number of benzene rings is 9. The minimum Gasteiger partial charge on any atom is -0.456 e. The highest BCUT2D eigenvalue weighted by molar-refractivity contribution is 6.14. The zero-order valence-electron chi connectivity index (χ0n) is 29.6. The quantitative estimate of drug-likeness (QED) is 0.168. The standard InChI is InChI=1S/C51H31N3O/c1-2-12-32(13-3-1)35-26-27-46-45(30-35)48-41(22-11-23-47(48)55-46)36-17-10-18-38(29-36)49-52-50(39-25-24-33-14-4-5-15-34(33)28-39)54-51(53-49)44-31-37-16-6-7-19-40(37)42-20-8-9-21-43(42)44/h1-31H. The van der Waals surface area contributed by atoms with Crippen molar-refractivity contribution in [2.75, 3.05) is 0 Å². The number of hydrogen-bond donors (Lipinski definition) is 0. The second-order valence-electron chi connectivity index (χ2n) is 14.0. The van der Waals surface area contributed by atoms with E-state index in [0.717, 1.165) is 71.5 Å². The first kappa shape index (κ1) is 31.1. The maximum absolute atomic E-state index is 6.41. The van der Waals surface area contributed by atoms with Crippen molar-refractivity contribution in [3.8, 4) is 56.4 Å². The van der Waals surface area contributed by atoms with E-state index in [-0.39, 0.29) is 0 Å². The van der Waals surface area contributed by atoms with Crippen molar-refractivity contribution >= 4 is 54.3 Å². The van der Waals surface area contributed by atoms with Gasteiger partial charge in [-0.25, -0.2) is 15.0 Å². The Balaban J connectivity index is 1.12. The first-order valence-corrected chi connectivity index (χ1v) is 18.5. The Hall–Kier alpha value is -7.43. The van der Waals surface area contributed by atoms with Crippen molar-refractivity contribution in [3.05, 3.63) is 188 Å². The smallest absolute Gasteiger partial charge is 0.164 e. The zero-order valence-corrected chi connectivity index (χ0v) is 29.6. The molecule has 0 aliphatic carbocycles.